The van der Waals surface area contributed by atoms with E-state index in [1.54, 1.807) is 26.4 Å². The molecule has 21 heavy (non-hydrogen) atoms. The van der Waals surface area contributed by atoms with Gasteiger partial charge in [-0.15, -0.1) is 0 Å². The number of nitrogens with one attached hydrogen (secondary N) is 1. The highest BCUT2D eigenvalue weighted by atomic mass is 19.1. The van der Waals surface area contributed by atoms with Crippen LogP contribution in [0.2, 0.25) is 0 Å². The molecular formula is C17H20FNO2. The summed E-state index contributed by atoms with van der Waals surface area (Å²) in [5.41, 5.74) is 2.45. The summed E-state index contributed by atoms with van der Waals surface area (Å²) >= 11 is 0. The maximum Gasteiger partial charge on any atom is 0.132 e. The molecule has 0 amide bonds. The topological polar surface area (TPSA) is 30.5 Å². The first kappa shape index (κ1) is 15.2. The zero-order chi connectivity index (χ0) is 15.4. The van der Waals surface area contributed by atoms with Crippen LogP contribution < -0.4 is 14.8 Å². The van der Waals surface area contributed by atoms with E-state index in [4.69, 9.17) is 9.47 Å². The van der Waals surface area contributed by atoms with Crippen molar-refractivity contribution in [3.63, 3.8) is 0 Å². The molecule has 3 nitrogen and oxygen atoms in total. The molecule has 0 saturated carbocycles. The molecule has 2 aromatic rings. The molecular weight excluding hydrogens is 269 g/mol. The predicted octanol–water partition coefficient (Wildman–Crippen LogP) is 4.32. The lowest BCUT2D eigenvalue weighted by atomic mass is 10.1. The molecule has 0 aliphatic carbocycles. The van der Waals surface area contributed by atoms with Gasteiger partial charge in [-0.25, -0.2) is 4.39 Å². The summed E-state index contributed by atoms with van der Waals surface area (Å²) in [6.45, 7) is 3.87. The first-order chi connectivity index (χ1) is 10.1. The Bertz CT molecular complexity index is 628. The van der Waals surface area contributed by atoms with Crippen LogP contribution in [0.25, 0.3) is 0 Å². The van der Waals surface area contributed by atoms with Gasteiger partial charge in [0, 0.05) is 5.69 Å². The number of ether oxygens (including phenoxy) is 2. The third-order valence-corrected chi connectivity index (χ3v) is 3.44. The number of rotatable bonds is 5. The quantitative estimate of drug-likeness (QED) is 0.889. The Morgan fingerprint density at radius 1 is 1.05 bits per heavy atom. The van der Waals surface area contributed by atoms with Crippen molar-refractivity contribution in [3.8, 4) is 11.5 Å². The maximum atomic E-state index is 14.0. The Hall–Kier alpha value is -2.23. The number of aryl methyl sites for hydroxylation is 1. The van der Waals surface area contributed by atoms with Gasteiger partial charge in [-0.2, -0.15) is 0 Å². The van der Waals surface area contributed by atoms with Crippen molar-refractivity contribution in [3.05, 3.63) is 53.3 Å². The maximum absolute atomic E-state index is 14.0. The molecule has 0 bridgehead atoms. The molecule has 0 spiro atoms. The Morgan fingerprint density at radius 2 is 1.76 bits per heavy atom. The van der Waals surface area contributed by atoms with Crippen molar-refractivity contribution in [1.82, 2.24) is 0 Å². The van der Waals surface area contributed by atoms with Gasteiger partial charge < -0.3 is 14.8 Å². The molecule has 1 unspecified atom stereocenters. The second kappa shape index (κ2) is 6.48. The van der Waals surface area contributed by atoms with Gasteiger partial charge in [-0.1, -0.05) is 6.07 Å². The monoisotopic (exact) mass is 289 g/mol. The summed E-state index contributed by atoms with van der Waals surface area (Å²) in [4.78, 5) is 0. The fourth-order valence-corrected chi connectivity index (χ4v) is 2.41. The minimum Gasteiger partial charge on any atom is -0.496 e. The van der Waals surface area contributed by atoms with Gasteiger partial charge in [-0.3, -0.25) is 0 Å². The average molecular weight is 289 g/mol. The minimum absolute atomic E-state index is 0.214. The zero-order valence-electron chi connectivity index (χ0n) is 12.7. The van der Waals surface area contributed by atoms with E-state index in [-0.39, 0.29) is 11.9 Å². The van der Waals surface area contributed by atoms with Gasteiger partial charge in [0.1, 0.15) is 17.3 Å². The third-order valence-electron chi connectivity index (χ3n) is 3.44. The minimum atomic E-state index is -0.278. The normalized spacial score (nSPS) is 11.9. The van der Waals surface area contributed by atoms with E-state index in [1.165, 1.54) is 6.07 Å². The molecule has 2 rings (SSSR count). The zero-order valence-corrected chi connectivity index (χ0v) is 12.7. The van der Waals surface area contributed by atoms with Gasteiger partial charge in [0.25, 0.3) is 0 Å². The number of hydrogen-bond acceptors (Lipinski definition) is 3. The Kier molecular flexibility index (Phi) is 4.68. The summed E-state index contributed by atoms with van der Waals surface area (Å²) in [6, 6.07) is 10.4. The van der Waals surface area contributed by atoms with Crippen molar-refractivity contribution in [2.75, 3.05) is 19.5 Å². The third kappa shape index (κ3) is 3.27. The molecule has 4 heteroatoms. The van der Waals surface area contributed by atoms with Gasteiger partial charge in [0.15, 0.2) is 0 Å². The molecule has 1 atom stereocenters. The van der Waals surface area contributed by atoms with Crippen LogP contribution in [0.15, 0.2) is 36.4 Å². The Labute approximate surface area is 124 Å². The second-order valence-corrected chi connectivity index (χ2v) is 4.91. The summed E-state index contributed by atoms with van der Waals surface area (Å²) in [6.07, 6.45) is 0. The molecule has 0 aliphatic heterocycles. The number of halogens is 1. The van der Waals surface area contributed by atoms with Crippen LogP contribution in [0.1, 0.15) is 24.1 Å². The van der Waals surface area contributed by atoms with Crippen LogP contribution in [0.3, 0.4) is 0 Å². The molecule has 0 fully saturated rings. The molecule has 0 radical (unpaired) electrons. The van der Waals surface area contributed by atoms with Crippen LogP contribution in [-0.4, -0.2) is 14.2 Å². The van der Waals surface area contributed by atoms with E-state index >= 15 is 0 Å². The highest BCUT2D eigenvalue weighted by Gasteiger charge is 2.16. The summed E-state index contributed by atoms with van der Waals surface area (Å²) in [5, 5.41) is 3.29. The molecule has 0 saturated heterocycles. The lowest BCUT2D eigenvalue weighted by Crippen LogP contribution is -2.10. The van der Waals surface area contributed by atoms with Crippen LogP contribution in [0.5, 0.6) is 11.5 Å². The van der Waals surface area contributed by atoms with E-state index in [9.17, 15) is 4.39 Å². The Balaban J connectivity index is 2.26. The first-order valence-electron chi connectivity index (χ1n) is 6.80. The highest BCUT2D eigenvalue weighted by Crippen LogP contribution is 2.31. The molecule has 0 aromatic heterocycles. The molecule has 0 heterocycles. The predicted molar refractivity (Wildman–Crippen MR) is 82.7 cm³/mol. The van der Waals surface area contributed by atoms with E-state index in [1.807, 2.05) is 32.0 Å². The van der Waals surface area contributed by atoms with Crippen molar-refractivity contribution < 1.29 is 13.9 Å². The molecule has 2 aromatic carbocycles. The average Bonchev–Trinajstić information content (AvgIpc) is 2.46. The van der Waals surface area contributed by atoms with Crippen LogP contribution >= 0.6 is 0 Å². The van der Waals surface area contributed by atoms with E-state index in [0.717, 1.165) is 17.0 Å². The van der Waals surface area contributed by atoms with Crippen LogP contribution in [0.4, 0.5) is 10.1 Å². The second-order valence-electron chi connectivity index (χ2n) is 4.91. The molecule has 1 N–H and O–H groups in total. The van der Waals surface area contributed by atoms with Crippen LogP contribution in [-0.2, 0) is 0 Å². The summed E-state index contributed by atoms with van der Waals surface area (Å²) in [5.74, 6) is 1.09. The van der Waals surface area contributed by atoms with Gasteiger partial charge >= 0.3 is 0 Å². The fourth-order valence-electron chi connectivity index (χ4n) is 2.41. The van der Waals surface area contributed by atoms with Crippen molar-refractivity contribution in [1.29, 1.82) is 0 Å². The number of methoxy groups -OCH3 is 2. The summed E-state index contributed by atoms with van der Waals surface area (Å²) in [7, 11) is 3.19. The van der Waals surface area contributed by atoms with E-state index < -0.39 is 0 Å². The number of hydrogen-bond donors (Lipinski definition) is 1. The summed E-state index contributed by atoms with van der Waals surface area (Å²) < 4.78 is 24.5. The smallest absolute Gasteiger partial charge is 0.132 e. The van der Waals surface area contributed by atoms with Crippen molar-refractivity contribution >= 4 is 5.69 Å². The van der Waals surface area contributed by atoms with Gasteiger partial charge in [0.05, 0.1) is 25.8 Å². The lowest BCUT2D eigenvalue weighted by Gasteiger charge is -2.19. The largest absolute Gasteiger partial charge is 0.496 e. The number of anilines is 1. The molecule has 0 aliphatic rings. The first-order valence-corrected chi connectivity index (χ1v) is 6.80. The van der Waals surface area contributed by atoms with Gasteiger partial charge in [0.2, 0.25) is 0 Å². The fraction of sp³-hybridized carbons (Fsp3) is 0.294. The Morgan fingerprint density at radius 3 is 2.38 bits per heavy atom. The van der Waals surface area contributed by atoms with E-state index in [2.05, 4.69) is 5.32 Å². The standard InChI is InChI=1S/C17H20FNO2/c1-11-10-13(8-9-15(11)20-3)19-12(2)17-14(18)6-5-7-16(17)21-4/h5-10,12,19H,1-4H3. The number of benzene rings is 2. The SMILES string of the molecule is COc1ccc(NC(C)c2c(F)cccc2OC)cc1C. The highest BCUT2D eigenvalue weighted by molar-refractivity contribution is 5.53. The van der Waals surface area contributed by atoms with Crippen molar-refractivity contribution in [2.24, 2.45) is 0 Å². The molecule has 112 valence electrons. The van der Waals surface area contributed by atoms with Gasteiger partial charge in [-0.05, 0) is 49.7 Å². The lowest BCUT2D eigenvalue weighted by molar-refractivity contribution is 0.402. The van der Waals surface area contributed by atoms with Crippen LogP contribution in [0, 0.1) is 12.7 Å². The van der Waals surface area contributed by atoms with E-state index in [0.29, 0.717) is 11.3 Å². The van der Waals surface area contributed by atoms with Crippen molar-refractivity contribution in [2.45, 2.75) is 19.9 Å².